The Hall–Kier alpha value is -2.26. The van der Waals surface area contributed by atoms with Crippen LogP contribution in [0.1, 0.15) is 0 Å². The summed E-state index contributed by atoms with van der Waals surface area (Å²) in [5.41, 5.74) is 7.40. The summed E-state index contributed by atoms with van der Waals surface area (Å²) in [5.74, 6) is 3.81. The van der Waals surface area contributed by atoms with Gasteiger partial charge in [0.15, 0.2) is 0 Å². The average molecular weight is 296 g/mol. The van der Waals surface area contributed by atoms with Gasteiger partial charge in [0, 0.05) is 4.90 Å². The molecule has 0 aromatic heterocycles. The highest BCUT2D eigenvalue weighted by Gasteiger charge is 2.40. The molecular formula is C11H12N4O4S. The quantitative estimate of drug-likeness (QED) is 0.331. The van der Waals surface area contributed by atoms with E-state index in [0.29, 0.717) is 10.6 Å². The predicted molar refractivity (Wildman–Crippen MR) is 71.5 cm³/mol. The highest BCUT2D eigenvalue weighted by Crippen LogP contribution is 2.36. The number of fused-ring (bicyclic) bond motifs is 1. The highest BCUT2D eigenvalue weighted by molar-refractivity contribution is 8.01. The van der Waals surface area contributed by atoms with Crippen molar-refractivity contribution in [3.05, 3.63) is 24.3 Å². The van der Waals surface area contributed by atoms with Gasteiger partial charge in [0.05, 0.1) is 5.69 Å². The lowest BCUT2D eigenvalue weighted by Crippen LogP contribution is -2.49. The molecule has 1 aliphatic heterocycles. The molecule has 0 aliphatic carbocycles. The molecule has 1 aromatic carbocycles. The first-order valence-electron chi connectivity index (χ1n) is 5.56. The number of anilines is 1. The van der Waals surface area contributed by atoms with Crippen molar-refractivity contribution in [1.82, 2.24) is 5.43 Å². The van der Waals surface area contributed by atoms with Crippen LogP contribution in [-0.4, -0.2) is 29.3 Å². The van der Waals surface area contributed by atoms with E-state index in [9.17, 15) is 14.4 Å². The number of nitrogens with one attached hydrogen (secondary N) is 2. The number of benzene rings is 1. The van der Waals surface area contributed by atoms with Crippen LogP contribution in [0.2, 0.25) is 0 Å². The number of carbonyl (C=O) groups is 3. The second-order valence-electron chi connectivity index (χ2n) is 3.89. The second-order valence-corrected chi connectivity index (χ2v) is 5.07. The van der Waals surface area contributed by atoms with E-state index >= 15 is 0 Å². The summed E-state index contributed by atoms with van der Waals surface area (Å²) in [6, 6.07) is 6.88. The number of ether oxygens (including phenoxy) is 1. The van der Waals surface area contributed by atoms with Crippen molar-refractivity contribution in [1.29, 1.82) is 0 Å². The van der Waals surface area contributed by atoms with Crippen LogP contribution in [0, 0.1) is 0 Å². The normalized spacial score (nSPS) is 21.1. The lowest BCUT2D eigenvalue weighted by atomic mass is 10.2. The number of primary amides is 1. The minimum Gasteiger partial charge on any atom is -0.434 e. The molecule has 0 spiro atoms. The smallest absolute Gasteiger partial charge is 0.405 e. The highest BCUT2D eigenvalue weighted by atomic mass is 32.2. The Morgan fingerprint density at radius 3 is 2.70 bits per heavy atom. The maximum atomic E-state index is 12.1. The monoisotopic (exact) mass is 296 g/mol. The van der Waals surface area contributed by atoms with Gasteiger partial charge >= 0.3 is 6.09 Å². The van der Waals surface area contributed by atoms with E-state index in [2.05, 4.69) is 5.32 Å². The Morgan fingerprint density at radius 1 is 1.35 bits per heavy atom. The van der Waals surface area contributed by atoms with Gasteiger partial charge in [-0.05, 0) is 12.1 Å². The van der Waals surface area contributed by atoms with Crippen molar-refractivity contribution in [2.24, 2.45) is 11.6 Å². The number of hydrazine groups is 1. The summed E-state index contributed by atoms with van der Waals surface area (Å²) in [6.45, 7) is 0. The molecular weight excluding hydrogens is 284 g/mol. The van der Waals surface area contributed by atoms with Crippen molar-refractivity contribution in [2.45, 2.75) is 16.2 Å². The van der Waals surface area contributed by atoms with Gasteiger partial charge in [-0.25, -0.2) is 10.6 Å². The van der Waals surface area contributed by atoms with Crippen LogP contribution in [0.3, 0.4) is 0 Å². The van der Waals surface area contributed by atoms with E-state index in [1.165, 1.54) is 0 Å². The number of carbonyl (C=O) groups excluding carboxylic acids is 3. The van der Waals surface area contributed by atoms with Gasteiger partial charge in [-0.2, -0.15) is 0 Å². The Balaban J connectivity index is 2.39. The van der Waals surface area contributed by atoms with Crippen LogP contribution in [0.25, 0.3) is 0 Å². The first-order valence-corrected chi connectivity index (χ1v) is 6.44. The first-order chi connectivity index (χ1) is 9.52. The van der Waals surface area contributed by atoms with Gasteiger partial charge in [0.25, 0.3) is 11.8 Å². The third-order valence-corrected chi connectivity index (χ3v) is 3.90. The molecule has 1 heterocycles. The van der Waals surface area contributed by atoms with Crippen LogP contribution in [-0.2, 0) is 14.3 Å². The van der Waals surface area contributed by atoms with E-state index in [0.717, 1.165) is 11.8 Å². The molecule has 0 radical (unpaired) electrons. The summed E-state index contributed by atoms with van der Waals surface area (Å²) >= 11 is 1.06. The van der Waals surface area contributed by atoms with Crippen LogP contribution >= 0.6 is 11.8 Å². The molecule has 2 atom stereocenters. The van der Waals surface area contributed by atoms with Gasteiger partial charge in [-0.1, -0.05) is 12.1 Å². The maximum absolute atomic E-state index is 12.1. The Morgan fingerprint density at radius 2 is 2.05 bits per heavy atom. The molecule has 0 bridgehead atoms. The average Bonchev–Trinajstić information content (AvgIpc) is 2.55. The molecule has 20 heavy (non-hydrogen) atoms. The number of amides is 3. The summed E-state index contributed by atoms with van der Waals surface area (Å²) < 4.78 is 4.74. The Kier molecular flexibility index (Phi) is 4.11. The number of nitrogens with two attached hydrogens (primary N) is 2. The summed E-state index contributed by atoms with van der Waals surface area (Å²) in [4.78, 5) is 35.4. The molecule has 1 aromatic rings. The zero-order valence-corrected chi connectivity index (χ0v) is 11.0. The van der Waals surface area contributed by atoms with Gasteiger partial charge in [0.1, 0.15) is 5.25 Å². The molecule has 106 valence electrons. The van der Waals surface area contributed by atoms with Crippen molar-refractivity contribution in [2.75, 3.05) is 5.32 Å². The number of para-hydroxylation sites is 1. The zero-order valence-electron chi connectivity index (χ0n) is 10.2. The fraction of sp³-hybridized carbons (Fsp3) is 0.182. The number of hydrogen-bond donors (Lipinski definition) is 4. The summed E-state index contributed by atoms with van der Waals surface area (Å²) in [5, 5.41) is 1.54. The van der Waals surface area contributed by atoms with E-state index < -0.39 is 29.3 Å². The summed E-state index contributed by atoms with van der Waals surface area (Å²) in [7, 11) is 0. The number of hydrogen-bond acceptors (Lipinski definition) is 6. The van der Waals surface area contributed by atoms with Gasteiger partial charge in [0.2, 0.25) is 6.10 Å². The molecule has 8 nitrogen and oxygen atoms in total. The van der Waals surface area contributed by atoms with Crippen LogP contribution in [0.15, 0.2) is 29.2 Å². The topological polar surface area (TPSA) is 137 Å². The Bertz CT molecular complexity index is 565. The number of rotatable bonds is 2. The summed E-state index contributed by atoms with van der Waals surface area (Å²) in [6.07, 6.45) is -2.51. The van der Waals surface area contributed by atoms with E-state index in [-0.39, 0.29) is 0 Å². The molecule has 0 fully saturated rings. The molecule has 3 amide bonds. The van der Waals surface area contributed by atoms with Crippen molar-refractivity contribution >= 4 is 35.4 Å². The standard InChI is InChI=1S/C11H12N4O4S/c12-11(18)19-7-8(10(17)15-13)20-6-4-2-1-3-5(6)14-9(7)16/h1-4,7-8H,13H2,(H2,12,18)(H,14,16)(H,15,17). The molecule has 0 saturated carbocycles. The fourth-order valence-electron chi connectivity index (χ4n) is 1.73. The first kappa shape index (κ1) is 14.2. The lowest BCUT2D eigenvalue weighted by Gasteiger charge is -2.20. The predicted octanol–water partition coefficient (Wildman–Crippen LogP) is -0.447. The van der Waals surface area contributed by atoms with Crippen LogP contribution in [0.5, 0.6) is 0 Å². The molecule has 1 aliphatic rings. The third kappa shape index (κ3) is 2.83. The number of thioether (sulfide) groups is 1. The second kappa shape index (κ2) is 5.80. The molecule has 0 saturated heterocycles. The van der Waals surface area contributed by atoms with Crippen LogP contribution in [0.4, 0.5) is 10.5 Å². The minimum atomic E-state index is -1.37. The largest absolute Gasteiger partial charge is 0.434 e. The Labute approximate surface area is 118 Å². The van der Waals surface area contributed by atoms with E-state index in [1.54, 1.807) is 24.3 Å². The van der Waals surface area contributed by atoms with Gasteiger partial charge < -0.3 is 15.8 Å². The lowest BCUT2D eigenvalue weighted by molar-refractivity contribution is -0.130. The minimum absolute atomic E-state index is 0.521. The molecule has 9 heteroatoms. The van der Waals surface area contributed by atoms with Gasteiger partial charge in [-0.15, -0.1) is 11.8 Å². The van der Waals surface area contributed by atoms with Crippen molar-refractivity contribution in [3.8, 4) is 0 Å². The van der Waals surface area contributed by atoms with Crippen molar-refractivity contribution in [3.63, 3.8) is 0 Å². The van der Waals surface area contributed by atoms with Crippen LogP contribution < -0.4 is 22.3 Å². The molecule has 6 N–H and O–H groups in total. The maximum Gasteiger partial charge on any atom is 0.405 e. The molecule has 2 unspecified atom stereocenters. The van der Waals surface area contributed by atoms with Crippen molar-refractivity contribution < 1.29 is 19.1 Å². The zero-order chi connectivity index (χ0) is 14.7. The van der Waals surface area contributed by atoms with Gasteiger partial charge in [-0.3, -0.25) is 15.0 Å². The SMILES string of the molecule is NNC(=O)C1Sc2ccccc2NC(=O)C1OC(N)=O. The molecule has 2 rings (SSSR count). The fourth-order valence-corrected chi connectivity index (χ4v) is 2.88. The van der Waals surface area contributed by atoms with E-state index in [1.807, 2.05) is 5.43 Å². The van der Waals surface area contributed by atoms with E-state index in [4.69, 9.17) is 16.3 Å². The third-order valence-electron chi connectivity index (χ3n) is 2.58.